The number of para-hydroxylation sites is 1. The van der Waals surface area contributed by atoms with Crippen molar-refractivity contribution in [1.29, 1.82) is 0 Å². The van der Waals surface area contributed by atoms with Crippen LogP contribution in [-0.4, -0.2) is 56.6 Å². The van der Waals surface area contributed by atoms with Crippen LogP contribution in [0.4, 0.5) is 0 Å². The van der Waals surface area contributed by atoms with Crippen LogP contribution in [-0.2, 0) is 22.4 Å². The standard InChI is InChI=1S/C35H33NO8/c1-23(36(22-33(38)39)32(37)21-25-13-19-30(34(40)41)31(20-25)35(42)43)29(18-12-24-8-4-2-5-9-24)26-14-16-28(17-15-26)44-27-10-6-3-7-11-27/h2-11,13-17,19-20,23,29H,12,18,21-22H2,1H3,(H,38,39)(H,40,41)(H,42,43). The summed E-state index contributed by atoms with van der Waals surface area (Å²) in [4.78, 5) is 50.0. The first-order valence-electron chi connectivity index (χ1n) is 14.1. The van der Waals surface area contributed by atoms with Crippen molar-refractivity contribution in [2.45, 2.75) is 38.1 Å². The van der Waals surface area contributed by atoms with Gasteiger partial charge < -0.3 is 25.0 Å². The van der Waals surface area contributed by atoms with Gasteiger partial charge in [0.05, 0.1) is 17.5 Å². The minimum absolute atomic E-state index is 0.256. The summed E-state index contributed by atoms with van der Waals surface area (Å²) in [6, 6.07) is 29.8. The lowest BCUT2D eigenvalue weighted by Gasteiger charge is -2.34. The van der Waals surface area contributed by atoms with Crippen LogP contribution in [0.25, 0.3) is 0 Å². The summed E-state index contributed by atoms with van der Waals surface area (Å²) in [6.07, 6.45) is 1.00. The Hall–Kier alpha value is -5.44. The van der Waals surface area contributed by atoms with Gasteiger partial charge in [-0.2, -0.15) is 0 Å². The fourth-order valence-corrected chi connectivity index (χ4v) is 5.22. The van der Waals surface area contributed by atoms with E-state index in [0.29, 0.717) is 24.3 Å². The average molecular weight is 596 g/mol. The van der Waals surface area contributed by atoms with Crippen molar-refractivity contribution in [3.8, 4) is 11.5 Å². The zero-order valence-corrected chi connectivity index (χ0v) is 24.1. The summed E-state index contributed by atoms with van der Waals surface area (Å²) in [7, 11) is 0. The van der Waals surface area contributed by atoms with Crippen LogP contribution in [0, 0.1) is 0 Å². The van der Waals surface area contributed by atoms with Gasteiger partial charge in [-0.15, -0.1) is 0 Å². The van der Waals surface area contributed by atoms with Crippen molar-refractivity contribution in [2.75, 3.05) is 6.54 Å². The molecule has 4 aromatic rings. The number of aryl methyl sites for hydroxylation is 1. The van der Waals surface area contributed by atoms with Crippen LogP contribution < -0.4 is 4.74 Å². The number of ether oxygens (including phenoxy) is 1. The number of benzene rings is 4. The second-order valence-corrected chi connectivity index (χ2v) is 10.4. The molecule has 0 bridgehead atoms. The van der Waals surface area contributed by atoms with Gasteiger partial charge in [-0.3, -0.25) is 9.59 Å². The number of hydrogen-bond acceptors (Lipinski definition) is 5. The van der Waals surface area contributed by atoms with Crippen molar-refractivity contribution in [3.05, 3.63) is 131 Å². The Bertz CT molecular complexity index is 1600. The number of hydrogen-bond donors (Lipinski definition) is 3. The van der Waals surface area contributed by atoms with E-state index in [9.17, 15) is 34.5 Å². The van der Waals surface area contributed by atoms with Gasteiger partial charge in [-0.25, -0.2) is 9.59 Å². The molecular formula is C35H33NO8. The van der Waals surface area contributed by atoms with Crippen molar-refractivity contribution in [1.82, 2.24) is 4.90 Å². The molecule has 2 unspecified atom stereocenters. The highest BCUT2D eigenvalue weighted by atomic mass is 16.5. The van der Waals surface area contributed by atoms with Gasteiger partial charge in [0.15, 0.2) is 0 Å². The fraction of sp³-hybridized carbons (Fsp3) is 0.200. The highest BCUT2D eigenvalue weighted by Gasteiger charge is 2.30. The van der Waals surface area contributed by atoms with Gasteiger partial charge >= 0.3 is 17.9 Å². The molecule has 0 heterocycles. The summed E-state index contributed by atoms with van der Waals surface area (Å²) in [5.74, 6) is -3.48. The third-order valence-corrected chi connectivity index (χ3v) is 7.47. The van der Waals surface area contributed by atoms with E-state index in [-0.39, 0.29) is 17.9 Å². The van der Waals surface area contributed by atoms with Gasteiger partial charge in [0.1, 0.15) is 18.0 Å². The molecule has 9 nitrogen and oxygen atoms in total. The van der Waals surface area contributed by atoms with E-state index in [1.54, 1.807) is 6.92 Å². The van der Waals surface area contributed by atoms with Crippen LogP contribution in [0.15, 0.2) is 103 Å². The van der Waals surface area contributed by atoms with Crippen molar-refractivity contribution < 1.29 is 39.2 Å². The van der Waals surface area contributed by atoms with Crippen LogP contribution >= 0.6 is 0 Å². The molecular weight excluding hydrogens is 562 g/mol. The monoisotopic (exact) mass is 595 g/mol. The number of carbonyl (C=O) groups is 4. The van der Waals surface area contributed by atoms with Gasteiger partial charge in [-0.1, -0.05) is 66.7 Å². The molecule has 0 saturated carbocycles. The maximum Gasteiger partial charge on any atom is 0.336 e. The second-order valence-electron chi connectivity index (χ2n) is 10.4. The molecule has 0 aliphatic rings. The van der Waals surface area contributed by atoms with Crippen molar-refractivity contribution in [2.24, 2.45) is 0 Å². The lowest BCUT2D eigenvalue weighted by Crippen LogP contribution is -2.45. The number of amides is 1. The summed E-state index contributed by atoms with van der Waals surface area (Å²) < 4.78 is 5.94. The normalized spacial score (nSPS) is 12.1. The number of carboxylic acid groups (broad SMARTS) is 3. The summed E-state index contributed by atoms with van der Waals surface area (Å²) in [5, 5.41) is 28.6. The van der Waals surface area contributed by atoms with Crippen LogP contribution in [0.1, 0.15) is 56.7 Å². The van der Waals surface area contributed by atoms with Gasteiger partial charge in [-0.05, 0) is 72.9 Å². The first-order valence-corrected chi connectivity index (χ1v) is 14.1. The molecule has 0 aliphatic carbocycles. The molecule has 3 N–H and O–H groups in total. The van der Waals surface area contributed by atoms with Crippen LogP contribution in [0.3, 0.4) is 0 Å². The maximum atomic E-state index is 13.6. The largest absolute Gasteiger partial charge is 0.480 e. The zero-order valence-electron chi connectivity index (χ0n) is 24.1. The van der Waals surface area contributed by atoms with Crippen LogP contribution in [0.2, 0.25) is 0 Å². The van der Waals surface area contributed by atoms with E-state index in [2.05, 4.69) is 0 Å². The number of carboxylic acids is 3. The fourth-order valence-electron chi connectivity index (χ4n) is 5.22. The minimum atomic E-state index is -1.44. The lowest BCUT2D eigenvalue weighted by molar-refractivity contribution is -0.146. The highest BCUT2D eigenvalue weighted by Crippen LogP contribution is 2.32. The Morgan fingerprint density at radius 3 is 1.89 bits per heavy atom. The van der Waals surface area contributed by atoms with E-state index in [0.717, 1.165) is 23.3 Å². The Labute approximate surface area is 255 Å². The number of aliphatic carboxylic acids is 1. The average Bonchev–Trinajstić information content (AvgIpc) is 3.01. The molecule has 4 rings (SSSR count). The summed E-state index contributed by atoms with van der Waals surface area (Å²) in [6.45, 7) is 1.25. The first-order chi connectivity index (χ1) is 21.1. The quantitative estimate of drug-likeness (QED) is 0.158. The smallest absolute Gasteiger partial charge is 0.336 e. The lowest BCUT2D eigenvalue weighted by atomic mass is 9.85. The van der Waals surface area contributed by atoms with E-state index < -0.39 is 47.5 Å². The topological polar surface area (TPSA) is 141 Å². The molecule has 0 radical (unpaired) electrons. The predicted molar refractivity (Wildman–Crippen MR) is 163 cm³/mol. The molecule has 226 valence electrons. The molecule has 44 heavy (non-hydrogen) atoms. The molecule has 2 atom stereocenters. The van der Waals surface area contributed by atoms with E-state index >= 15 is 0 Å². The SMILES string of the molecule is CC(C(CCc1ccccc1)c1ccc(Oc2ccccc2)cc1)N(CC(=O)O)C(=O)Cc1ccc(C(=O)O)c(C(=O)O)c1. The summed E-state index contributed by atoms with van der Waals surface area (Å²) in [5.41, 5.74) is 1.42. The van der Waals surface area contributed by atoms with Gasteiger partial charge in [0, 0.05) is 12.0 Å². The third-order valence-electron chi connectivity index (χ3n) is 7.47. The number of rotatable bonds is 14. The Morgan fingerprint density at radius 1 is 0.705 bits per heavy atom. The van der Waals surface area contributed by atoms with Crippen LogP contribution in [0.5, 0.6) is 11.5 Å². The van der Waals surface area contributed by atoms with Crippen molar-refractivity contribution in [3.63, 3.8) is 0 Å². The van der Waals surface area contributed by atoms with Gasteiger partial charge in [0.25, 0.3) is 0 Å². The predicted octanol–water partition coefficient (Wildman–Crippen LogP) is 6.14. The van der Waals surface area contributed by atoms with Gasteiger partial charge in [0.2, 0.25) is 5.91 Å². The summed E-state index contributed by atoms with van der Waals surface area (Å²) >= 11 is 0. The second kappa shape index (κ2) is 14.6. The molecule has 0 saturated heterocycles. The number of aromatic carboxylic acids is 2. The first kappa shape index (κ1) is 31.5. The Balaban J connectivity index is 1.62. The Morgan fingerprint density at radius 2 is 1.30 bits per heavy atom. The maximum absolute atomic E-state index is 13.6. The third kappa shape index (κ3) is 8.32. The van der Waals surface area contributed by atoms with E-state index in [4.69, 9.17) is 4.74 Å². The molecule has 4 aromatic carbocycles. The highest BCUT2D eigenvalue weighted by molar-refractivity contribution is 6.02. The molecule has 0 aromatic heterocycles. The minimum Gasteiger partial charge on any atom is -0.480 e. The van der Waals surface area contributed by atoms with E-state index in [1.807, 2.05) is 84.9 Å². The molecule has 1 amide bonds. The number of carbonyl (C=O) groups excluding carboxylic acids is 1. The zero-order chi connectivity index (χ0) is 31.6. The molecule has 0 spiro atoms. The van der Waals surface area contributed by atoms with E-state index in [1.165, 1.54) is 11.0 Å². The van der Waals surface area contributed by atoms with Crippen molar-refractivity contribution >= 4 is 23.8 Å². The molecule has 0 aliphatic heterocycles. The molecule has 0 fully saturated rings. The number of nitrogens with zero attached hydrogens (tertiary/aromatic N) is 1. The Kier molecular flexibility index (Phi) is 10.5. The molecule has 9 heteroatoms.